The number of nitrogens with one attached hydrogen (secondary N) is 1. The van der Waals surface area contributed by atoms with Crippen molar-refractivity contribution in [2.45, 2.75) is 32.7 Å². The average molecular weight is 363 g/mol. The van der Waals surface area contributed by atoms with Crippen LogP contribution in [0.25, 0.3) is 5.69 Å². The standard InChI is InChI=1S/C17H19ClN4O3/c1-3-5-9-13(17(24)25)19-16(23)15-14(4-2)22(21-20-15)12-8-6-7-11(18)10-12/h3,5-8,10,13H,4,9H2,1-2H3,(H,19,23)(H,24,25)/b5-3+. The van der Waals surface area contributed by atoms with Gasteiger partial charge < -0.3 is 10.4 Å². The van der Waals surface area contributed by atoms with Gasteiger partial charge in [0.2, 0.25) is 0 Å². The van der Waals surface area contributed by atoms with E-state index in [1.54, 1.807) is 43.3 Å². The molecule has 0 fully saturated rings. The number of carboxylic acid groups (broad SMARTS) is 1. The SMILES string of the molecule is C/C=C/CC(NC(=O)c1nnn(-c2cccc(Cl)c2)c1CC)C(=O)O. The molecule has 0 aliphatic carbocycles. The van der Waals surface area contributed by atoms with Gasteiger partial charge in [-0.15, -0.1) is 5.10 Å². The summed E-state index contributed by atoms with van der Waals surface area (Å²) in [4.78, 5) is 23.8. The minimum absolute atomic E-state index is 0.106. The van der Waals surface area contributed by atoms with Gasteiger partial charge in [0.25, 0.3) is 5.91 Å². The van der Waals surface area contributed by atoms with Gasteiger partial charge >= 0.3 is 5.97 Å². The topological polar surface area (TPSA) is 97.1 Å². The molecule has 0 spiro atoms. The summed E-state index contributed by atoms with van der Waals surface area (Å²) >= 11 is 6.00. The van der Waals surface area contributed by atoms with E-state index in [1.807, 2.05) is 6.92 Å². The minimum atomic E-state index is -1.10. The molecule has 132 valence electrons. The van der Waals surface area contributed by atoms with E-state index in [0.29, 0.717) is 22.8 Å². The molecule has 1 heterocycles. The van der Waals surface area contributed by atoms with E-state index in [1.165, 1.54) is 4.68 Å². The summed E-state index contributed by atoms with van der Waals surface area (Å²) in [6.45, 7) is 3.65. The van der Waals surface area contributed by atoms with Crippen molar-refractivity contribution >= 4 is 23.5 Å². The van der Waals surface area contributed by atoms with E-state index in [4.69, 9.17) is 11.6 Å². The summed E-state index contributed by atoms with van der Waals surface area (Å²) in [6.07, 6.45) is 4.11. The lowest BCUT2D eigenvalue weighted by Crippen LogP contribution is -2.41. The third-order valence-electron chi connectivity index (χ3n) is 3.58. The molecule has 0 aliphatic rings. The van der Waals surface area contributed by atoms with Crippen LogP contribution in [0, 0.1) is 0 Å². The fourth-order valence-corrected chi connectivity index (χ4v) is 2.52. The number of carbonyl (C=O) groups excluding carboxylic acids is 1. The van der Waals surface area contributed by atoms with Gasteiger partial charge in [-0.2, -0.15) is 0 Å². The van der Waals surface area contributed by atoms with Crippen molar-refractivity contribution in [3.8, 4) is 5.69 Å². The highest BCUT2D eigenvalue weighted by Gasteiger charge is 2.24. The maximum Gasteiger partial charge on any atom is 0.326 e. The molecule has 1 amide bonds. The summed E-state index contributed by atoms with van der Waals surface area (Å²) in [5, 5.41) is 20.2. The van der Waals surface area contributed by atoms with Crippen LogP contribution in [0.2, 0.25) is 5.02 Å². The van der Waals surface area contributed by atoms with E-state index in [0.717, 1.165) is 0 Å². The molecular formula is C17H19ClN4O3. The summed E-state index contributed by atoms with van der Waals surface area (Å²) in [7, 11) is 0. The van der Waals surface area contributed by atoms with Crippen molar-refractivity contribution < 1.29 is 14.7 Å². The highest BCUT2D eigenvalue weighted by atomic mass is 35.5. The van der Waals surface area contributed by atoms with E-state index >= 15 is 0 Å². The maximum atomic E-state index is 12.5. The number of allylic oxidation sites excluding steroid dienone is 1. The van der Waals surface area contributed by atoms with E-state index < -0.39 is 17.9 Å². The average Bonchev–Trinajstić information content (AvgIpc) is 3.02. The quantitative estimate of drug-likeness (QED) is 0.738. The second-order valence-corrected chi connectivity index (χ2v) is 5.74. The Morgan fingerprint density at radius 3 is 2.80 bits per heavy atom. The van der Waals surface area contributed by atoms with Crippen LogP contribution >= 0.6 is 11.6 Å². The van der Waals surface area contributed by atoms with E-state index in [-0.39, 0.29) is 12.1 Å². The Balaban J connectivity index is 2.30. The number of aliphatic carboxylic acids is 1. The lowest BCUT2D eigenvalue weighted by molar-refractivity contribution is -0.139. The predicted octanol–water partition coefficient (Wildman–Crippen LogP) is 2.63. The molecule has 0 aliphatic heterocycles. The van der Waals surface area contributed by atoms with Gasteiger partial charge in [0, 0.05) is 5.02 Å². The minimum Gasteiger partial charge on any atom is -0.480 e. The molecule has 0 saturated carbocycles. The first kappa shape index (κ1) is 18.7. The van der Waals surface area contributed by atoms with Crippen LogP contribution in [0.5, 0.6) is 0 Å². The molecule has 0 radical (unpaired) electrons. The monoisotopic (exact) mass is 362 g/mol. The van der Waals surface area contributed by atoms with Gasteiger partial charge in [-0.1, -0.05) is 42.0 Å². The van der Waals surface area contributed by atoms with Gasteiger partial charge in [-0.3, -0.25) is 4.79 Å². The van der Waals surface area contributed by atoms with Crippen LogP contribution in [0.1, 0.15) is 36.5 Å². The van der Waals surface area contributed by atoms with Crippen molar-refractivity contribution in [3.63, 3.8) is 0 Å². The molecule has 25 heavy (non-hydrogen) atoms. The molecule has 1 unspecified atom stereocenters. The number of carbonyl (C=O) groups is 2. The largest absolute Gasteiger partial charge is 0.480 e. The van der Waals surface area contributed by atoms with E-state index in [9.17, 15) is 14.7 Å². The van der Waals surface area contributed by atoms with Gasteiger partial charge in [0.05, 0.1) is 11.4 Å². The lowest BCUT2D eigenvalue weighted by Gasteiger charge is -2.12. The summed E-state index contributed by atoms with van der Waals surface area (Å²) in [6, 6.07) is 6.00. The number of nitrogens with zero attached hydrogens (tertiary/aromatic N) is 3. The molecule has 0 saturated heterocycles. The second kappa shape index (κ2) is 8.43. The third kappa shape index (κ3) is 4.45. The van der Waals surface area contributed by atoms with Crippen molar-refractivity contribution in [1.82, 2.24) is 20.3 Å². The molecule has 0 bridgehead atoms. The Morgan fingerprint density at radius 1 is 1.44 bits per heavy atom. The molecular weight excluding hydrogens is 344 g/mol. The Hall–Kier alpha value is -2.67. The smallest absolute Gasteiger partial charge is 0.326 e. The fourth-order valence-electron chi connectivity index (χ4n) is 2.33. The van der Waals surface area contributed by atoms with Crippen LogP contribution in [0.4, 0.5) is 0 Å². The number of hydrogen-bond donors (Lipinski definition) is 2. The van der Waals surface area contributed by atoms with Crippen molar-refractivity contribution in [2.75, 3.05) is 0 Å². The Labute approximate surface area is 150 Å². The van der Waals surface area contributed by atoms with E-state index in [2.05, 4.69) is 15.6 Å². The first-order chi connectivity index (χ1) is 12.0. The number of benzene rings is 1. The predicted molar refractivity (Wildman–Crippen MR) is 94.1 cm³/mol. The second-order valence-electron chi connectivity index (χ2n) is 5.30. The van der Waals surface area contributed by atoms with Crippen molar-refractivity contribution in [3.05, 3.63) is 52.8 Å². The number of carboxylic acids is 1. The molecule has 1 aromatic heterocycles. The van der Waals surface area contributed by atoms with Gasteiger partial charge in [-0.25, -0.2) is 9.48 Å². The lowest BCUT2D eigenvalue weighted by atomic mass is 10.1. The number of amides is 1. The van der Waals surface area contributed by atoms with Crippen molar-refractivity contribution in [2.24, 2.45) is 0 Å². The zero-order chi connectivity index (χ0) is 18.4. The number of hydrogen-bond acceptors (Lipinski definition) is 4. The molecule has 1 aromatic carbocycles. The Bertz CT molecular complexity index is 801. The fraction of sp³-hybridized carbons (Fsp3) is 0.294. The Morgan fingerprint density at radius 2 is 2.20 bits per heavy atom. The van der Waals surface area contributed by atoms with Crippen molar-refractivity contribution in [1.29, 1.82) is 0 Å². The highest BCUT2D eigenvalue weighted by Crippen LogP contribution is 2.18. The van der Waals surface area contributed by atoms with Crippen LogP contribution in [-0.2, 0) is 11.2 Å². The molecule has 2 aromatic rings. The zero-order valence-corrected chi connectivity index (χ0v) is 14.7. The summed E-state index contributed by atoms with van der Waals surface area (Å²) in [5.41, 5.74) is 1.36. The normalized spacial score (nSPS) is 12.3. The van der Waals surface area contributed by atoms with Crippen LogP contribution in [0.3, 0.4) is 0 Å². The zero-order valence-electron chi connectivity index (χ0n) is 13.9. The Kier molecular flexibility index (Phi) is 6.30. The maximum absolute atomic E-state index is 12.5. The molecule has 8 heteroatoms. The van der Waals surface area contributed by atoms with Crippen LogP contribution in [0.15, 0.2) is 36.4 Å². The summed E-state index contributed by atoms with van der Waals surface area (Å²) < 4.78 is 1.53. The first-order valence-electron chi connectivity index (χ1n) is 7.83. The van der Waals surface area contributed by atoms with Crippen LogP contribution < -0.4 is 5.32 Å². The third-order valence-corrected chi connectivity index (χ3v) is 3.81. The van der Waals surface area contributed by atoms with Gasteiger partial charge in [-0.05, 0) is 38.0 Å². The number of rotatable bonds is 7. The first-order valence-corrected chi connectivity index (χ1v) is 8.21. The number of halogens is 1. The molecule has 2 N–H and O–H groups in total. The molecule has 7 nitrogen and oxygen atoms in total. The molecule has 2 rings (SSSR count). The number of aromatic nitrogens is 3. The summed E-state index contributed by atoms with van der Waals surface area (Å²) in [5.74, 6) is -1.67. The van der Waals surface area contributed by atoms with Crippen LogP contribution in [-0.4, -0.2) is 38.0 Å². The highest BCUT2D eigenvalue weighted by molar-refractivity contribution is 6.30. The van der Waals surface area contributed by atoms with Gasteiger partial charge in [0.15, 0.2) is 5.69 Å². The van der Waals surface area contributed by atoms with Gasteiger partial charge in [0.1, 0.15) is 6.04 Å². The molecule has 1 atom stereocenters.